The highest BCUT2D eigenvalue weighted by molar-refractivity contribution is 5.75. The summed E-state index contributed by atoms with van der Waals surface area (Å²) >= 11 is 0. The van der Waals surface area contributed by atoms with Crippen LogP contribution in [0.4, 0.5) is 0 Å². The molecule has 0 aliphatic rings. The van der Waals surface area contributed by atoms with Crippen LogP contribution < -0.4 is 5.32 Å². The first-order valence-corrected chi connectivity index (χ1v) is 11.0. The topological polar surface area (TPSA) is 110 Å². The van der Waals surface area contributed by atoms with E-state index in [1.807, 2.05) is 45.0 Å². The lowest BCUT2D eigenvalue weighted by molar-refractivity contribution is -0.138. The smallest absolute Gasteiger partial charge is 0.310 e. The first-order valence-electron chi connectivity index (χ1n) is 11.0. The SMILES string of the molecule is CC(C)(C)NC[C@H](O)c1ccc(O)c(CO)c1.CC(C)Cc1ccc([C@H](C)C(=O)O)cc1. The summed E-state index contributed by atoms with van der Waals surface area (Å²) in [6, 6.07) is 12.6. The standard InChI is InChI=1S/C13H21NO3.C13H18O2/c1-13(2,3)14-7-12(17)9-4-5-11(16)10(6-9)8-15;1-9(2)8-11-4-6-12(7-5-11)10(3)13(14)15/h4-6,12,14-17H,7-8H2,1-3H3;4-7,9-10H,8H2,1-3H3,(H,14,15)/t12-;10-/m00/s1. The second kappa shape index (κ2) is 12.6. The highest BCUT2D eigenvalue weighted by Gasteiger charge is 2.15. The van der Waals surface area contributed by atoms with E-state index >= 15 is 0 Å². The summed E-state index contributed by atoms with van der Waals surface area (Å²) in [5.41, 5.74) is 3.19. The fourth-order valence-corrected chi connectivity index (χ4v) is 3.02. The molecule has 0 amide bonds. The van der Waals surface area contributed by atoms with Gasteiger partial charge in [0.2, 0.25) is 0 Å². The van der Waals surface area contributed by atoms with Crippen LogP contribution in [0.5, 0.6) is 5.75 Å². The van der Waals surface area contributed by atoms with E-state index < -0.39 is 18.0 Å². The lowest BCUT2D eigenvalue weighted by Gasteiger charge is -2.23. The molecule has 0 unspecified atom stereocenters. The van der Waals surface area contributed by atoms with Crippen molar-refractivity contribution in [1.82, 2.24) is 5.32 Å². The molecule has 178 valence electrons. The lowest BCUT2D eigenvalue weighted by atomic mass is 9.97. The van der Waals surface area contributed by atoms with Gasteiger partial charge >= 0.3 is 5.97 Å². The largest absolute Gasteiger partial charge is 0.508 e. The number of hydrogen-bond acceptors (Lipinski definition) is 5. The van der Waals surface area contributed by atoms with Gasteiger partial charge in [0, 0.05) is 17.6 Å². The third-order valence-electron chi connectivity index (χ3n) is 4.98. The zero-order chi connectivity index (χ0) is 24.5. The van der Waals surface area contributed by atoms with Crippen molar-refractivity contribution < 1.29 is 25.2 Å². The van der Waals surface area contributed by atoms with Crippen LogP contribution in [0.2, 0.25) is 0 Å². The van der Waals surface area contributed by atoms with Crippen LogP contribution in [0.15, 0.2) is 42.5 Å². The van der Waals surface area contributed by atoms with E-state index in [-0.39, 0.29) is 17.9 Å². The minimum atomic E-state index is -0.772. The highest BCUT2D eigenvalue weighted by Crippen LogP contribution is 2.22. The van der Waals surface area contributed by atoms with Gasteiger partial charge in [0.25, 0.3) is 0 Å². The number of carboxylic acids is 1. The molecule has 6 heteroatoms. The van der Waals surface area contributed by atoms with Crippen molar-refractivity contribution in [2.24, 2.45) is 5.92 Å². The number of nitrogens with one attached hydrogen (secondary N) is 1. The number of rotatable bonds is 8. The fraction of sp³-hybridized carbons (Fsp3) is 0.500. The minimum Gasteiger partial charge on any atom is -0.508 e. The van der Waals surface area contributed by atoms with Gasteiger partial charge in [0.15, 0.2) is 0 Å². The summed E-state index contributed by atoms with van der Waals surface area (Å²) in [6.45, 7) is 12.3. The third kappa shape index (κ3) is 9.81. The zero-order valence-corrected chi connectivity index (χ0v) is 20.1. The van der Waals surface area contributed by atoms with E-state index in [1.54, 1.807) is 19.1 Å². The molecule has 0 spiro atoms. The maximum atomic E-state index is 10.8. The second-order valence-electron chi connectivity index (χ2n) is 9.59. The summed E-state index contributed by atoms with van der Waals surface area (Å²) in [4.78, 5) is 10.8. The van der Waals surface area contributed by atoms with Crippen molar-refractivity contribution in [3.63, 3.8) is 0 Å². The molecular formula is C26H39NO5. The van der Waals surface area contributed by atoms with Gasteiger partial charge in [-0.15, -0.1) is 0 Å². The average Bonchev–Trinajstić information content (AvgIpc) is 2.72. The van der Waals surface area contributed by atoms with E-state index in [0.29, 0.717) is 23.6 Å². The van der Waals surface area contributed by atoms with Crippen LogP contribution in [-0.2, 0) is 17.8 Å². The Morgan fingerprint density at radius 3 is 2.03 bits per heavy atom. The molecule has 2 aromatic rings. The predicted molar refractivity (Wildman–Crippen MR) is 128 cm³/mol. The molecule has 0 saturated heterocycles. The van der Waals surface area contributed by atoms with Crippen molar-refractivity contribution in [2.45, 2.75) is 72.1 Å². The van der Waals surface area contributed by atoms with Crippen LogP contribution in [0.1, 0.15) is 75.8 Å². The third-order valence-corrected chi connectivity index (χ3v) is 4.98. The summed E-state index contributed by atoms with van der Waals surface area (Å²) < 4.78 is 0. The van der Waals surface area contributed by atoms with E-state index in [0.717, 1.165) is 12.0 Å². The number of aliphatic hydroxyl groups excluding tert-OH is 2. The van der Waals surface area contributed by atoms with Gasteiger partial charge in [0.1, 0.15) is 5.75 Å². The van der Waals surface area contributed by atoms with Gasteiger partial charge in [-0.05, 0) is 68.9 Å². The Morgan fingerprint density at radius 2 is 1.56 bits per heavy atom. The van der Waals surface area contributed by atoms with Gasteiger partial charge in [-0.25, -0.2) is 0 Å². The summed E-state index contributed by atoms with van der Waals surface area (Å²) in [7, 11) is 0. The number of hydrogen-bond donors (Lipinski definition) is 5. The molecule has 0 bridgehead atoms. The van der Waals surface area contributed by atoms with Gasteiger partial charge in [-0.2, -0.15) is 0 Å². The molecule has 0 fully saturated rings. The molecule has 0 saturated carbocycles. The maximum Gasteiger partial charge on any atom is 0.310 e. The number of aliphatic carboxylic acids is 1. The first kappa shape index (κ1) is 27.6. The molecule has 2 atom stereocenters. The van der Waals surface area contributed by atoms with Crippen LogP contribution >= 0.6 is 0 Å². The molecule has 32 heavy (non-hydrogen) atoms. The highest BCUT2D eigenvalue weighted by atomic mass is 16.4. The van der Waals surface area contributed by atoms with Crippen molar-refractivity contribution in [3.8, 4) is 5.75 Å². The Morgan fingerprint density at radius 1 is 1.00 bits per heavy atom. The van der Waals surface area contributed by atoms with Crippen LogP contribution in [0.25, 0.3) is 0 Å². The molecule has 5 N–H and O–H groups in total. The average molecular weight is 446 g/mol. The quantitative estimate of drug-likeness (QED) is 0.412. The van der Waals surface area contributed by atoms with Gasteiger partial charge < -0.3 is 25.7 Å². The molecule has 0 radical (unpaired) electrons. The van der Waals surface area contributed by atoms with Crippen molar-refractivity contribution in [1.29, 1.82) is 0 Å². The number of aliphatic hydroxyl groups is 2. The zero-order valence-electron chi connectivity index (χ0n) is 20.1. The van der Waals surface area contributed by atoms with Crippen LogP contribution in [-0.4, -0.2) is 38.5 Å². The number of β-amino-alcohol motifs (C(OH)–C–C–N with tert-alkyl or cyclic N) is 1. The van der Waals surface area contributed by atoms with Gasteiger partial charge in [0.05, 0.1) is 18.6 Å². The Hall–Kier alpha value is -2.41. The number of aromatic hydroxyl groups is 1. The maximum absolute atomic E-state index is 10.8. The van der Waals surface area contributed by atoms with Gasteiger partial charge in [-0.1, -0.05) is 44.2 Å². The van der Waals surface area contributed by atoms with Crippen LogP contribution in [0, 0.1) is 5.92 Å². The molecule has 0 aromatic heterocycles. The molecule has 2 aromatic carbocycles. The molecule has 6 nitrogen and oxygen atoms in total. The molecule has 0 heterocycles. The Labute approximate surface area is 191 Å². The second-order valence-corrected chi connectivity index (χ2v) is 9.59. The predicted octanol–water partition coefficient (Wildman–Crippen LogP) is 4.38. The summed E-state index contributed by atoms with van der Waals surface area (Å²) in [5, 5.41) is 40.5. The Bertz CT molecular complexity index is 840. The van der Waals surface area contributed by atoms with E-state index in [9.17, 15) is 15.0 Å². The van der Waals surface area contributed by atoms with Gasteiger partial charge in [-0.3, -0.25) is 4.79 Å². The normalized spacial score (nSPS) is 13.3. The van der Waals surface area contributed by atoms with Crippen molar-refractivity contribution >= 4 is 5.97 Å². The lowest BCUT2D eigenvalue weighted by Crippen LogP contribution is -2.38. The number of carbonyl (C=O) groups is 1. The monoisotopic (exact) mass is 445 g/mol. The molecule has 2 rings (SSSR count). The Balaban J connectivity index is 0.000000323. The minimum absolute atomic E-state index is 0.0484. The number of phenols is 1. The molecule has 0 aliphatic heterocycles. The summed E-state index contributed by atoms with van der Waals surface area (Å²) in [6.07, 6.45) is 0.391. The number of benzene rings is 2. The van der Waals surface area contributed by atoms with E-state index in [1.165, 1.54) is 11.6 Å². The number of carboxylic acid groups (broad SMARTS) is 1. The molecular weight excluding hydrogens is 406 g/mol. The summed E-state index contributed by atoms with van der Waals surface area (Å²) in [5.74, 6) is -0.510. The molecule has 0 aliphatic carbocycles. The van der Waals surface area contributed by atoms with Crippen molar-refractivity contribution in [3.05, 3.63) is 64.7 Å². The van der Waals surface area contributed by atoms with Crippen LogP contribution in [0.3, 0.4) is 0 Å². The fourth-order valence-electron chi connectivity index (χ4n) is 3.02. The van der Waals surface area contributed by atoms with E-state index in [2.05, 4.69) is 19.2 Å². The first-order chi connectivity index (χ1) is 14.8. The Kier molecular flexibility index (Phi) is 10.9. The van der Waals surface area contributed by atoms with Crippen molar-refractivity contribution in [2.75, 3.05) is 6.54 Å². The van der Waals surface area contributed by atoms with E-state index in [4.69, 9.17) is 10.2 Å².